The number of benzene rings is 2. The summed E-state index contributed by atoms with van der Waals surface area (Å²) in [6.07, 6.45) is 3.50. The van der Waals surface area contributed by atoms with Crippen molar-refractivity contribution in [3.63, 3.8) is 0 Å². The molecule has 0 saturated carbocycles. The van der Waals surface area contributed by atoms with Crippen LogP contribution < -0.4 is 15.8 Å². The first-order valence-corrected chi connectivity index (χ1v) is 11.4. The van der Waals surface area contributed by atoms with Gasteiger partial charge < -0.3 is 10.2 Å². The third kappa shape index (κ3) is 5.86. The van der Waals surface area contributed by atoms with E-state index in [1.807, 2.05) is 30.0 Å². The SMILES string of the molecule is CC(CCc1ccccc1)NC(=O)C1CCCN(c2ccc(=O)n(-c3ccc(F)cc3)n2)C1. The summed E-state index contributed by atoms with van der Waals surface area (Å²) in [6, 6.07) is 19.2. The van der Waals surface area contributed by atoms with Crippen LogP contribution in [0.15, 0.2) is 71.5 Å². The van der Waals surface area contributed by atoms with Gasteiger partial charge in [-0.15, -0.1) is 5.10 Å². The highest BCUT2D eigenvalue weighted by Crippen LogP contribution is 2.22. The van der Waals surface area contributed by atoms with Gasteiger partial charge in [0.1, 0.15) is 11.6 Å². The topological polar surface area (TPSA) is 67.2 Å². The molecular formula is C26H29FN4O2. The van der Waals surface area contributed by atoms with Crippen molar-refractivity contribution in [1.29, 1.82) is 0 Å². The fourth-order valence-corrected chi connectivity index (χ4v) is 4.20. The number of nitrogens with one attached hydrogen (secondary N) is 1. The summed E-state index contributed by atoms with van der Waals surface area (Å²) in [5.74, 6) is 0.192. The minimum atomic E-state index is -0.370. The van der Waals surface area contributed by atoms with Gasteiger partial charge in [-0.05, 0) is 68.5 Å². The molecule has 2 atom stereocenters. The van der Waals surface area contributed by atoms with Crippen molar-refractivity contribution in [1.82, 2.24) is 15.1 Å². The molecule has 0 spiro atoms. The molecule has 6 nitrogen and oxygen atoms in total. The van der Waals surface area contributed by atoms with Crippen LogP contribution >= 0.6 is 0 Å². The molecule has 1 amide bonds. The second kappa shape index (κ2) is 10.4. The number of piperidine rings is 1. The van der Waals surface area contributed by atoms with Crippen LogP contribution in [0.2, 0.25) is 0 Å². The Morgan fingerprint density at radius 2 is 1.88 bits per heavy atom. The molecule has 33 heavy (non-hydrogen) atoms. The Morgan fingerprint density at radius 3 is 2.64 bits per heavy atom. The average molecular weight is 449 g/mol. The summed E-state index contributed by atoms with van der Waals surface area (Å²) < 4.78 is 14.5. The minimum absolute atomic E-state index is 0.0621. The highest BCUT2D eigenvalue weighted by atomic mass is 19.1. The normalized spacial score (nSPS) is 16.9. The molecule has 172 valence electrons. The number of anilines is 1. The molecule has 0 aliphatic carbocycles. The van der Waals surface area contributed by atoms with Gasteiger partial charge in [-0.25, -0.2) is 4.39 Å². The van der Waals surface area contributed by atoms with Crippen molar-refractivity contribution < 1.29 is 9.18 Å². The standard InChI is InChI=1S/C26H29FN4O2/c1-19(9-10-20-6-3-2-4-7-20)28-26(33)21-8-5-17-30(18-21)24-15-16-25(32)31(29-24)23-13-11-22(27)12-14-23/h2-4,6-7,11-16,19,21H,5,8-10,17-18H2,1H3,(H,28,33). The lowest BCUT2D eigenvalue weighted by Gasteiger charge is -2.33. The van der Waals surface area contributed by atoms with Crippen LogP contribution in [0.3, 0.4) is 0 Å². The Hall–Kier alpha value is -3.48. The predicted molar refractivity (Wildman–Crippen MR) is 127 cm³/mol. The molecule has 7 heteroatoms. The highest BCUT2D eigenvalue weighted by Gasteiger charge is 2.27. The molecule has 0 bridgehead atoms. The molecule has 4 rings (SSSR count). The van der Waals surface area contributed by atoms with Gasteiger partial charge in [0.25, 0.3) is 5.56 Å². The van der Waals surface area contributed by atoms with E-state index >= 15 is 0 Å². The molecule has 1 saturated heterocycles. The molecule has 3 aromatic rings. The third-order valence-corrected chi connectivity index (χ3v) is 6.07. The number of hydrogen-bond donors (Lipinski definition) is 1. The molecule has 1 aliphatic heterocycles. The maximum Gasteiger partial charge on any atom is 0.271 e. The average Bonchev–Trinajstić information content (AvgIpc) is 2.84. The van der Waals surface area contributed by atoms with Gasteiger partial charge in [-0.3, -0.25) is 9.59 Å². The van der Waals surface area contributed by atoms with E-state index in [2.05, 4.69) is 22.5 Å². The van der Waals surface area contributed by atoms with Crippen LogP contribution in [0.1, 0.15) is 31.7 Å². The van der Waals surface area contributed by atoms with Gasteiger partial charge in [0.15, 0.2) is 0 Å². The second-order valence-corrected chi connectivity index (χ2v) is 8.64. The largest absolute Gasteiger partial charge is 0.354 e. The van der Waals surface area contributed by atoms with Crippen LogP contribution in [0.4, 0.5) is 10.2 Å². The predicted octanol–water partition coefficient (Wildman–Crippen LogP) is 3.73. The van der Waals surface area contributed by atoms with E-state index in [9.17, 15) is 14.0 Å². The number of aromatic nitrogens is 2. The number of rotatable bonds is 7. The van der Waals surface area contributed by atoms with Crippen molar-refractivity contribution in [2.24, 2.45) is 5.92 Å². The molecule has 2 unspecified atom stereocenters. The Kier molecular flexibility index (Phi) is 7.17. The van der Waals surface area contributed by atoms with Crippen LogP contribution in [0, 0.1) is 11.7 Å². The number of aryl methyl sites for hydroxylation is 1. The zero-order chi connectivity index (χ0) is 23.2. The smallest absolute Gasteiger partial charge is 0.271 e. The molecular weight excluding hydrogens is 419 g/mol. The van der Waals surface area contributed by atoms with Gasteiger partial charge in [0, 0.05) is 25.2 Å². The van der Waals surface area contributed by atoms with Crippen molar-refractivity contribution in [2.75, 3.05) is 18.0 Å². The minimum Gasteiger partial charge on any atom is -0.354 e. The van der Waals surface area contributed by atoms with E-state index in [-0.39, 0.29) is 29.2 Å². The van der Waals surface area contributed by atoms with E-state index in [4.69, 9.17) is 0 Å². The summed E-state index contributed by atoms with van der Waals surface area (Å²) in [4.78, 5) is 27.3. The molecule has 2 heterocycles. The van der Waals surface area contributed by atoms with E-state index in [0.29, 0.717) is 18.1 Å². The second-order valence-electron chi connectivity index (χ2n) is 8.64. The zero-order valence-corrected chi connectivity index (χ0v) is 18.8. The fraction of sp³-hybridized carbons (Fsp3) is 0.346. The Morgan fingerprint density at radius 1 is 1.12 bits per heavy atom. The zero-order valence-electron chi connectivity index (χ0n) is 18.8. The van der Waals surface area contributed by atoms with E-state index in [1.165, 1.54) is 40.6 Å². The summed E-state index contributed by atoms with van der Waals surface area (Å²) in [6.45, 7) is 3.36. The van der Waals surface area contributed by atoms with Crippen molar-refractivity contribution in [3.05, 3.63) is 88.5 Å². The first kappa shape index (κ1) is 22.7. The molecule has 1 aliphatic rings. The maximum atomic E-state index is 13.3. The molecule has 1 fully saturated rings. The van der Waals surface area contributed by atoms with Gasteiger partial charge in [0.2, 0.25) is 5.91 Å². The lowest BCUT2D eigenvalue weighted by molar-refractivity contribution is -0.125. The van der Waals surface area contributed by atoms with Crippen molar-refractivity contribution >= 4 is 11.7 Å². The van der Waals surface area contributed by atoms with Gasteiger partial charge in [0.05, 0.1) is 11.6 Å². The number of hydrogen-bond acceptors (Lipinski definition) is 4. The lowest BCUT2D eigenvalue weighted by Crippen LogP contribution is -2.46. The summed E-state index contributed by atoms with van der Waals surface area (Å²) in [7, 11) is 0. The van der Waals surface area contributed by atoms with Crippen LogP contribution in [0.25, 0.3) is 5.69 Å². The van der Waals surface area contributed by atoms with E-state index < -0.39 is 0 Å². The van der Waals surface area contributed by atoms with Crippen LogP contribution in [-0.4, -0.2) is 34.8 Å². The quantitative estimate of drug-likeness (QED) is 0.598. The first-order chi connectivity index (χ1) is 16.0. The third-order valence-electron chi connectivity index (χ3n) is 6.07. The van der Waals surface area contributed by atoms with Gasteiger partial charge >= 0.3 is 0 Å². The summed E-state index contributed by atoms with van der Waals surface area (Å²) >= 11 is 0. The number of halogens is 1. The van der Waals surface area contributed by atoms with Crippen molar-refractivity contribution in [2.45, 2.75) is 38.6 Å². The molecule has 1 N–H and O–H groups in total. The summed E-state index contributed by atoms with van der Waals surface area (Å²) in [5, 5.41) is 7.66. The molecule has 2 aromatic carbocycles. The highest BCUT2D eigenvalue weighted by molar-refractivity contribution is 5.79. The first-order valence-electron chi connectivity index (χ1n) is 11.4. The monoisotopic (exact) mass is 448 g/mol. The fourth-order valence-electron chi connectivity index (χ4n) is 4.20. The van der Waals surface area contributed by atoms with Gasteiger partial charge in [-0.1, -0.05) is 30.3 Å². The van der Waals surface area contributed by atoms with E-state index in [1.54, 1.807) is 6.07 Å². The lowest BCUT2D eigenvalue weighted by atomic mass is 9.96. The van der Waals surface area contributed by atoms with Crippen LogP contribution in [0.5, 0.6) is 0 Å². The molecule has 0 radical (unpaired) electrons. The van der Waals surface area contributed by atoms with Gasteiger partial charge in [-0.2, -0.15) is 4.68 Å². The number of carbonyl (C=O) groups is 1. The van der Waals surface area contributed by atoms with E-state index in [0.717, 1.165) is 32.2 Å². The number of amides is 1. The Labute approximate surface area is 193 Å². The maximum absolute atomic E-state index is 13.3. The number of carbonyl (C=O) groups excluding carboxylic acids is 1. The molecule has 1 aromatic heterocycles. The number of nitrogens with zero attached hydrogens (tertiary/aromatic N) is 3. The Bertz CT molecular complexity index is 1130. The Balaban J connectivity index is 1.39. The van der Waals surface area contributed by atoms with Crippen molar-refractivity contribution in [3.8, 4) is 5.69 Å². The summed E-state index contributed by atoms with van der Waals surface area (Å²) in [5.41, 5.74) is 1.48. The van der Waals surface area contributed by atoms with Crippen LogP contribution in [-0.2, 0) is 11.2 Å².